The molecule has 1 atom stereocenters. The Bertz CT molecular complexity index is 1670. The second kappa shape index (κ2) is 10.6. The van der Waals surface area contributed by atoms with Gasteiger partial charge < -0.3 is 0 Å². The molecule has 0 bridgehead atoms. The Labute approximate surface area is 225 Å². The van der Waals surface area contributed by atoms with Crippen molar-refractivity contribution in [2.45, 2.75) is 35.7 Å². The van der Waals surface area contributed by atoms with Gasteiger partial charge in [-0.2, -0.15) is 0 Å². The number of halogens is 1. The second-order valence-electron chi connectivity index (χ2n) is 8.56. The van der Waals surface area contributed by atoms with Crippen LogP contribution in [0.4, 0.5) is 0 Å². The van der Waals surface area contributed by atoms with E-state index in [1.54, 1.807) is 31.3 Å². The first-order valence-electron chi connectivity index (χ1n) is 11.6. The van der Waals surface area contributed by atoms with E-state index in [9.17, 15) is 8.42 Å². The zero-order chi connectivity index (χ0) is 26.0. The predicted octanol–water partition coefficient (Wildman–Crippen LogP) is 6.11. The molecule has 2 aromatic heterocycles. The molecule has 5 rings (SSSR count). The first-order chi connectivity index (χ1) is 17.8. The van der Waals surface area contributed by atoms with E-state index in [0.717, 1.165) is 22.2 Å². The molecule has 0 saturated heterocycles. The van der Waals surface area contributed by atoms with E-state index >= 15 is 0 Å². The Hall–Kier alpha value is -3.24. The third-order valence-electron chi connectivity index (χ3n) is 5.89. The van der Waals surface area contributed by atoms with Crippen LogP contribution in [0, 0.1) is 6.92 Å². The van der Waals surface area contributed by atoms with Crippen LogP contribution in [-0.2, 0) is 15.8 Å². The third-order valence-corrected chi connectivity index (χ3v) is 8.69. The van der Waals surface area contributed by atoms with Crippen LogP contribution >= 0.6 is 23.4 Å². The summed E-state index contributed by atoms with van der Waals surface area (Å²) in [5, 5.41) is 10.8. The van der Waals surface area contributed by atoms with Gasteiger partial charge in [-0.1, -0.05) is 78.0 Å². The lowest BCUT2D eigenvalue weighted by Gasteiger charge is -2.18. The van der Waals surface area contributed by atoms with E-state index in [2.05, 4.69) is 19.9 Å². The predicted molar refractivity (Wildman–Crippen MR) is 148 cm³/mol. The van der Waals surface area contributed by atoms with Crippen molar-refractivity contribution in [2.24, 2.45) is 0 Å². The number of hydrogen-bond donors (Lipinski definition) is 1. The molecule has 37 heavy (non-hydrogen) atoms. The molecular formula is C27H24ClN5O2S2. The molecule has 5 aromatic rings. The van der Waals surface area contributed by atoms with Crippen molar-refractivity contribution in [3.8, 4) is 5.69 Å². The van der Waals surface area contributed by atoms with Gasteiger partial charge in [0.05, 0.1) is 17.2 Å². The number of benzene rings is 3. The van der Waals surface area contributed by atoms with E-state index in [1.807, 2.05) is 72.2 Å². The minimum Gasteiger partial charge on any atom is -0.272 e. The molecule has 0 fully saturated rings. The highest BCUT2D eigenvalue weighted by atomic mass is 35.5. The Morgan fingerprint density at radius 3 is 2.59 bits per heavy atom. The first kappa shape index (κ1) is 25.4. The summed E-state index contributed by atoms with van der Waals surface area (Å²) in [5.41, 5.74) is 3.31. The van der Waals surface area contributed by atoms with Crippen LogP contribution in [0.3, 0.4) is 0 Å². The van der Waals surface area contributed by atoms with Crippen molar-refractivity contribution >= 4 is 44.3 Å². The molecule has 1 N–H and O–H groups in total. The smallest absolute Gasteiger partial charge is 0.243 e. The van der Waals surface area contributed by atoms with Gasteiger partial charge in [0.15, 0.2) is 11.0 Å². The van der Waals surface area contributed by atoms with Crippen molar-refractivity contribution in [3.63, 3.8) is 0 Å². The van der Waals surface area contributed by atoms with Gasteiger partial charge >= 0.3 is 0 Å². The number of rotatable bonds is 8. The molecule has 0 amide bonds. The van der Waals surface area contributed by atoms with Crippen LogP contribution in [-0.4, -0.2) is 28.2 Å². The fourth-order valence-corrected chi connectivity index (χ4v) is 6.52. The molecule has 7 nitrogen and oxygen atoms in total. The normalized spacial score (nSPS) is 12.6. The van der Waals surface area contributed by atoms with E-state index in [0.29, 0.717) is 27.3 Å². The Morgan fingerprint density at radius 1 is 1.00 bits per heavy atom. The van der Waals surface area contributed by atoms with Gasteiger partial charge in [-0.3, -0.25) is 9.55 Å². The average molecular weight is 550 g/mol. The van der Waals surface area contributed by atoms with E-state index in [-0.39, 0.29) is 4.90 Å². The van der Waals surface area contributed by atoms with Crippen molar-refractivity contribution in [1.29, 1.82) is 0 Å². The number of hydrogen-bond acceptors (Lipinski definition) is 6. The molecule has 0 aliphatic rings. The Balaban J connectivity index is 1.53. The lowest BCUT2D eigenvalue weighted by atomic mass is 10.2. The minimum atomic E-state index is -3.92. The number of thioether (sulfide) groups is 1. The molecule has 0 radical (unpaired) electrons. The molecule has 0 saturated carbocycles. The maximum absolute atomic E-state index is 13.5. The topological polar surface area (TPSA) is 89.8 Å². The van der Waals surface area contributed by atoms with Crippen LogP contribution < -0.4 is 4.72 Å². The largest absolute Gasteiger partial charge is 0.272 e. The third kappa shape index (κ3) is 5.40. The van der Waals surface area contributed by atoms with Crippen LogP contribution in [0.15, 0.2) is 95.1 Å². The summed E-state index contributed by atoms with van der Waals surface area (Å²) < 4.78 is 31.6. The summed E-state index contributed by atoms with van der Waals surface area (Å²) in [5.74, 6) is 1.14. The quantitative estimate of drug-likeness (QED) is 0.235. The molecular weight excluding hydrogens is 526 g/mol. The summed E-state index contributed by atoms with van der Waals surface area (Å²) in [6, 6.07) is 23.6. The average Bonchev–Trinajstić information content (AvgIpc) is 3.33. The van der Waals surface area contributed by atoms with Gasteiger partial charge in [-0.15, -0.1) is 10.2 Å². The van der Waals surface area contributed by atoms with Crippen LogP contribution in [0.2, 0.25) is 5.02 Å². The van der Waals surface area contributed by atoms with Crippen molar-refractivity contribution in [2.75, 3.05) is 0 Å². The fourth-order valence-electron chi connectivity index (χ4n) is 4.07. The number of para-hydroxylation sites is 1. The van der Waals surface area contributed by atoms with Crippen LogP contribution in [0.1, 0.15) is 29.9 Å². The minimum absolute atomic E-state index is 0.112. The molecule has 0 spiro atoms. The number of aryl methyl sites for hydroxylation is 1. The highest BCUT2D eigenvalue weighted by molar-refractivity contribution is 7.98. The molecule has 10 heteroatoms. The fraction of sp³-hybridized carbons (Fsp3) is 0.148. The number of fused-ring (bicyclic) bond motifs is 1. The van der Waals surface area contributed by atoms with Gasteiger partial charge in [-0.25, -0.2) is 13.1 Å². The second-order valence-corrected chi connectivity index (χ2v) is 11.6. The van der Waals surface area contributed by atoms with Gasteiger partial charge in [0.25, 0.3) is 0 Å². The van der Waals surface area contributed by atoms with E-state index in [4.69, 9.17) is 11.6 Å². The number of nitrogens with zero attached hydrogens (tertiary/aromatic N) is 4. The summed E-state index contributed by atoms with van der Waals surface area (Å²) in [6.45, 7) is 3.72. The van der Waals surface area contributed by atoms with E-state index in [1.165, 1.54) is 11.8 Å². The maximum Gasteiger partial charge on any atom is 0.243 e. The number of pyridine rings is 1. The zero-order valence-corrected chi connectivity index (χ0v) is 22.6. The lowest BCUT2D eigenvalue weighted by Crippen LogP contribution is -2.29. The maximum atomic E-state index is 13.5. The lowest BCUT2D eigenvalue weighted by molar-refractivity contribution is 0.556. The SMILES string of the molecule is Cc1ccc(Cl)cc1-n1c(SCc2ccccc2)nnc1C(C)NS(=O)(=O)c1cccc2cccnc12. The molecule has 0 aliphatic carbocycles. The molecule has 0 aliphatic heterocycles. The van der Waals surface area contributed by atoms with Gasteiger partial charge in [-0.05, 0) is 49.2 Å². The number of nitrogens with one attached hydrogen (secondary N) is 1. The summed E-state index contributed by atoms with van der Waals surface area (Å²) in [6.07, 6.45) is 1.58. The molecule has 188 valence electrons. The standard InChI is InChI=1S/C27H24ClN5O2S2/c1-18-13-14-22(28)16-23(18)33-26(30-31-27(33)36-17-20-8-4-3-5-9-20)19(2)32-37(34,35)24-12-6-10-21-11-7-15-29-25(21)24/h3-16,19,32H,17H2,1-2H3. The van der Waals surface area contributed by atoms with Crippen LogP contribution in [0.5, 0.6) is 0 Å². The van der Waals surface area contributed by atoms with Gasteiger partial charge in [0, 0.05) is 22.4 Å². The van der Waals surface area contributed by atoms with Gasteiger partial charge in [0.2, 0.25) is 10.0 Å². The van der Waals surface area contributed by atoms with E-state index < -0.39 is 16.1 Å². The highest BCUT2D eigenvalue weighted by Crippen LogP contribution is 2.31. The van der Waals surface area contributed by atoms with Crippen LogP contribution in [0.25, 0.3) is 16.6 Å². The molecule has 2 heterocycles. The van der Waals surface area contributed by atoms with Crippen molar-refractivity contribution in [1.82, 2.24) is 24.5 Å². The molecule has 3 aromatic carbocycles. The summed E-state index contributed by atoms with van der Waals surface area (Å²) in [4.78, 5) is 4.41. The summed E-state index contributed by atoms with van der Waals surface area (Å²) >= 11 is 7.88. The van der Waals surface area contributed by atoms with Gasteiger partial charge in [0.1, 0.15) is 4.90 Å². The number of sulfonamides is 1. The number of aromatic nitrogens is 4. The highest BCUT2D eigenvalue weighted by Gasteiger charge is 2.27. The first-order valence-corrected chi connectivity index (χ1v) is 14.4. The molecule has 1 unspecified atom stereocenters. The Kier molecular flexibility index (Phi) is 7.30. The monoisotopic (exact) mass is 549 g/mol. The zero-order valence-electron chi connectivity index (χ0n) is 20.2. The summed E-state index contributed by atoms with van der Waals surface area (Å²) in [7, 11) is -3.92. The van der Waals surface area contributed by atoms with Crippen molar-refractivity contribution < 1.29 is 8.42 Å². The van der Waals surface area contributed by atoms with Crippen molar-refractivity contribution in [3.05, 3.63) is 107 Å². The Morgan fingerprint density at radius 2 is 1.78 bits per heavy atom.